The molecule has 0 spiro atoms. The quantitative estimate of drug-likeness (QED) is 0.163. The van der Waals surface area contributed by atoms with Gasteiger partial charge in [-0.1, -0.05) is 139 Å². The second kappa shape index (κ2) is 19.3. The van der Waals surface area contributed by atoms with Gasteiger partial charge in [0.25, 0.3) is 0 Å². The van der Waals surface area contributed by atoms with Gasteiger partial charge in [-0.2, -0.15) is 0 Å². The number of hydrogen-bond acceptors (Lipinski definition) is 3. The summed E-state index contributed by atoms with van der Waals surface area (Å²) < 4.78 is 5.83. The maximum absolute atomic E-state index is 5.83. The first kappa shape index (κ1) is 42.8. The number of nitrogens with zero attached hydrogens (tertiary/aromatic N) is 2. The van der Waals surface area contributed by atoms with Crippen LogP contribution in [0.1, 0.15) is 96.6 Å². The van der Waals surface area contributed by atoms with Crippen molar-refractivity contribution in [3.05, 3.63) is 119 Å². The summed E-state index contributed by atoms with van der Waals surface area (Å²) in [6, 6.07) is 33.6. The van der Waals surface area contributed by atoms with Gasteiger partial charge in [-0.15, -0.1) is 24.8 Å². The molecule has 5 heteroatoms. The van der Waals surface area contributed by atoms with Crippen molar-refractivity contribution in [1.82, 2.24) is 9.80 Å². The second-order valence-corrected chi connectivity index (χ2v) is 16.0. The molecule has 5 rings (SSSR count). The summed E-state index contributed by atoms with van der Waals surface area (Å²) in [5, 5.41) is 2.67. The molecule has 0 N–H and O–H groups in total. The Kier molecular flexibility index (Phi) is 16.8. The molecule has 0 amide bonds. The summed E-state index contributed by atoms with van der Waals surface area (Å²) in [7, 11) is 2.19. The van der Waals surface area contributed by atoms with E-state index >= 15 is 0 Å². The molecule has 0 saturated carbocycles. The van der Waals surface area contributed by atoms with Crippen LogP contribution < -0.4 is 0 Å². The van der Waals surface area contributed by atoms with Crippen molar-refractivity contribution in [2.75, 3.05) is 26.7 Å². The Morgan fingerprint density at radius 2 is 1.29 bits per heavy atom. The average molecular weight is 708 g/mol. The van der Waals surface area contributed by atoms with Crippen LogP contribution in [0, 0.1) is 5.92 Å². The van der Waals surface area contributed by atoms with E-state index in [1.165, 1.54) is 51.6 Å². The van der Waals surface area contributed by atoms with E-state index in [4.69, 9.17) is 4.74 Å². The predicted octanol–water partition coefficient (Wildman–Crippen LogP) is 11.3. The molecule has 0 bridgehead atoms. The number of fused-ring (bicyclic) bond motifs is 1. The van der Waals surface area contributed by atoms with E-state index in [-0.39, 0.29) is 35.6 Å². The summed E-state index contributed by atoms with van der Waals surface area (Å²) in [5.74, 6) is 0.678. The molecular formula is C44H64Cl2N2O. The minimum atomic E-state index is 0. The average Bonchev–Trinajstić information content (AvgIpc) is 3.01. The lowest BCUT2D eigenvalue weighted by Crippen LogP contribution is -2.47. The summed E-state index contributed by atoms with van der Waals surface area (Å²) in [4.78, 5) is 4.95. The summed E-state index contributed by atoms with van der Waals surface area (Å²) in [6.07, 6.45) is 3.06. The van der Waals surface area contributed by atoms with Crippen molar-refractivity contribution in [3.8, 4) is 0 Å². The van der Waals surface area contributed by atoms with Crippen LogP contribution >= 0.6 is 24.8 Å². The van der Waals surface area contributed by atoms with Crippen molar-refractivity contribution < 1.29 is 4.74 Å². The van der Waals surface area contributed by atoms with Gasteiger partial charge < -0.3 is 4.74 Å². The van der Waals surface area contributed by atoms with Crippen LogP contribution in [0.25, 0.3) is 10.8 Å². The number of halogens is 2. The fraction of sp³-hybridized carbons (Fsp3) is 0.500. The molecule has 270 valence electrons. The maximum atomic E-state index is 5.83. The van der Waals surface area contributed by atoms with Crippen LogP contribution in [0.5, 0.6) is 0 Å². The van der Waals surface area contributed by atoms with Gasteiger partial charge in [-0.25, -0.2) is 0 Å². The Hall–Kier alpha value is -2.40. The number of benzene rings is 4. The monoisotopic (exact) mass is 706 g/mol. The number of morpholine rings is 1. The number of ether oxygens (including phenoxy) is 1. The number of rotatable bonds is 10. The van der Waals surface area contributed by atoms with Crippen LogP contribution in [-0.2, 0) is 35.1 Å². The van der Waals surface area contributed by atoms with Gasteiger partial charge in [0.15, 0.2) is 0 Å². The van der Waals surface area contributed by atoms with E-state index < -0.39 is 0 Å². The van der Waals surface area contributed by atoms with Crippen LogP contribution in [0.3, 0.4) is 0 Å². The number of hydrogen-bond donors (Lipinski definition) is 0. The highest BCUT2D eigenvalue weighted by Gasteiger charge is 2.23. The van der Waals surface area contributed by atoms with Gasteiger partial charge in [0.05, 0.1) is 12.2 Å². The molecule has 1 aliphatic heterocycles. The van der Waals surface area contributed by atoms with Crippen molar-refractivity contribution in [2.24, 2.45) is 5.92 Å². The van der Waals surface area contributed by atoms with Gasteiger partial charge >= 0.3 is 0 Å². The molecule has 1 heterocycles. The lowest BCUT2D eigenvalue weighted by Gasteiger charge is -2.36. The molecule has 3 nitrogen and oxygen atoms in total. The zero-order valence-electron chi connectivity index (χ0n) is 32.0. The zero-order valence-corrected chi connectivity index (χ0v) is 33.6. The first-order valence-electron chi connectivity index (χ1n) is 18.0. The zero-order chi connectivity index (χ0) is 34.2. The maximum Gasteiger partial charge on any atom is 0.0678 e. The Balaban J connectivity index is 0.000000327. The van der Waals surface area contributed by atoms with E-state index in [1.807, 2.05) is 0 Å². The lowest BCUT2D eigenvalue weighted by atomic mass is 9.82. The summed E-state index contributed by atoms with van der Waals surface area (Å²) in [5.41, 5.74) is 7.56. The first-order valence-corrected chi connectivity index (χ1v) is 18.0. The van der Waals surface area contributed by atoms with Gasteiger partial charge in [0.2, 0.25) is 0 Å². The fourth-order valence-corrected chi connectivity index (χ4v) is 6.84. The van der Waals surface area contributed by atoms with Crippen molar-refractivity contribution in [1.29, 1.82) is 0 Å². The molecule has 1 fully saturated rings. The van der Waals surface area contributed by atoms with Crippen LogP contribution in [-0.4, -0.2) is 48.7 Å². The van der Waals surface area contributed by atoms with Crippen LogP contribution in [0.2, 0.25) is 0 Å². The first-order chi connectivity index (χ1) is 22.2. The third-order valence-corrected chi connectivity index (χ3v) is 9.86. The molecule has 1 unspecified atom stereocenters. The molecule has 1 aliphatic rings. The van der Waals surface area contributed by atoms with Crippen LogP contribution in [0.15, 0.2) is 91.0 Å². The van der Waals surface area contributed by atoms with E-state index in [2.05, 4.69) is 170 Å². The van der Waals surface area contributed by atoms with E-state index in [1.54, 1.807) is 0 Å². The smallest absolute Gasteiger partial charge is 0.0678 e. The molecule has 49 heavy (non-hydrogen) atoms. The van der Waals surface area contributed by atoms with Gasteiger partial charge in [-0.3, -0.25) is 9.80 Å². The predicted molar refractivity (Wildman–Crippen MR) is 218 cm³/mol. The third-order valence-electron chi connectivity index (χ3n) is 9.86. The second-order valence-electron chi connectivity index (χ2n) is 16.0. The highest BCUT2D eigenvalue weighted by molar-refractivity contribution is 5.86. The van der Waals surface area contributed by atoms with Gasteiger partial charge in [-0.05, 0) is 89.1 Å². The van der Waals surface area contributed by atoms with Gasteiger partial charge in [0.1, 0.15) is 0 Å². The Morgan fingerprint density at radius 1 is 0.735 bits per heavy atom. The van der Waals surface area contributed by atoms with Gasteiger partial charge in [0, 0.05) is 32.7 Å². The Bertz CT molecular complexity index is 1510. The molecule has 4 aromatic rings. The van der Waals surface area contributed by atoms with Crippen molar-refractivity contribution in [3.63, 3.8) is 0 Å². The highest BCUT2D eigenvalue weighted by atomic mass is 35.5. The van der Waals surface area contributed by atoms with Crippen LogP contribution in [0.4, 0.5) is 0 Å². The fourth-order valence-electron chi connectivity index (χ4n) is 6.84. The summed E-state index contributed by atoms with van der Waals surface area (Å²) in [6.45, 7) is 25.7. The normalized spacial score (nSPS) is 17.4. The topological polar surface area (TPSA) is 15.7 Å². The molecule has 0 aromatic heterocycles. The minimum Gasteiger partial charge on any atom is -0.373 e. The van der Waals surface area contributed by atoms with E-state index in [0.717, 1.165) is 32.6 Å². The molecule has 4 aromatic carbocycles. The molecule has 1 saturated heterocycles. The van der Waals surface area contributed by atoms with E-state index in [0.29, 0.717) is 18.1 Å². The lowest BCUT2D eigenvalue weighted by molar-refractivity contribution is -0.0708. The van der Waals surface area contributed by atoms with Crippen molar-refractivity contribution in [2.45, 2.75) is 111 Å². The van der Waals surface area contributed by atoms with Crippen molar-refractivity contribution >= 4 is 35.6 Å². The Labute approximate surface area is 311 Å². The highest BCUT2D eigenvalue weighted by Crippen LogP contribution is 2.27. The largest absolute Gasteiger partial charge is 0.373 e. The molecule has 0 radical (unpaired) electrons. The van der Waals surface area contributed by atoms with E-state index in [9.17, 15) is 0 Å². The minimum absolute atomic E-state index is 0. The Morgan fingerprint density at radius 3 is 1.88 bits per heavy atom. The molecular weight excluding hydrogens is 643 g/mol. The standard InChI is InChI=1S/C23H27N.C21H35NO.2ClH/c1-23(2,3)21-14-12-18(13-15-21)16-24(4)17-20-10-7-9-19-8-5-6-11-22(19)20;1-7-21(5,6)20-10-8-19(9-11-20)12-16(2)13-22-14-17(3)23-18(4)15-22;;/h5-15H,16-17H2,1-4H3;8-11,16-18H,7,12-15H2,1-6H3;2*1H/t;16?,17-,18+;;. The third kappa shape index (κ3) is 13.0. The molecule has 3 atom stereocenters. The summed E-state index contributed by atoms with van der Waals surface area (Å²) >= 11 is 0. The molecule has 0 aliphatic carbocycles. The SMILES string of the molecule is CCC(C)(C)c1ccc(CC(C)CN2C[C@@H](C)O[C@@H](C)C2)cc1.CN(Cc1ccc(C(C)(C)C)cc1)Cc1cccc2ccccc12.Cl.Cl.